The molecule has 1 aromatic carbocycles. The first-order valence-corrected chi connectivity index (χ1v) is 3.98. The molecule has 0 aliphatic heterocycles. The molecule has 0 amide bonds. The Hall–Kier alpha value is -1.97. The molecule has 0 saturated carbocycles. The first-order chi connectivity index (χ1) is 6.63. The quantitative estimate of drug-likeness (QED) is 0.320. The predicted octanol–water partition coefficient (Wildman–Crippen LogP) is 1.16. The van der Waals surface area contributed by atoms with Crippen molar-refractivity contribution in [1.29, 1.82) is 0 Å². The summed E-state index contributed by atoms with van der Waals surface area (Å²) in [5.41, 5.74) is 6.51. The zero-order valence-corrected chi connectivity index (χ0v) is 7.73. The van der Waals surface area contributed by atoms with Crippen molar-refractivity contribution in [2.75, 3.05) is 12.8 Å². The molecular weight excluding hydrogens is 182 g/mol. The zero-order valence-electron chi connectivity index (χ0n) is 7.73. The van der Waals surface area contributed by atoms with Crippen LogP contribution in [0.1, 0.15) is 5.56 Å². The summed E-state index contributed by atoms with van der Waals surface area (Å²) in [6, 6.07) is 4.60. The summed E-state index contributed by atoms with van der Waals surface area (Å²) in [4.78, 5) is 10.8. The van der Waals surface area contributed by atoms with Crippen LogP contribution in [0.4, 0.5) is 5.69 Å². The fourth-order valence-electron chi connectivity index (χ4n) is 0.932. The highest BCUT2D eigenvalue weighted by atomic mass is 16.5. The number of phenolic OH excluding ortho intramolecular Hbond substituents is 1. The largest absolute Gasteiger partial charge is 0.507 e. The van der Waals surface area contributed by atoms with Gasteiger partial charge < -0.3 is 15.6 Å². The molecule has 1 aromatic rings. The molecular formula is C10H11NO3. The van der Waals surface area contributed by atoms with Gasteiger partial charge in [0, 0.05) is 17.3 Å². The van der Waals surface area contributed by atoms with E-state index in [9.17, 15) is 9.90 Å². The summed E-state index contributed by atoms with van der Waals surface area (Å²) in [6.45, 7) is 0. The predicted molar refractivity (Wildman–Crippen MR) is 53.6 cm³/mol. The van der Waals surface area contributed by atoms with E-state index in [-0.39, 0.29) is 5.75 Å². The zero-order chi connectivity index (χ0) is 10.6. The van der Waals surface area contributed by atoms with E-state index < -0.39 is 5.97 Å². The molecule has 0 aliphatic rings. The Balaban J connectivity index is 2.90. The lowest BCUT2D eigenvalue weighted by Gasteiger charge is -1.99. The Labute approximate surface area is 81.6 Å². The maximum absolute atomic E-state index is 10.8. The van der Waals surface area contributed by atoms with Crippen LogP contribution in [0.15, 0.2) is 24.3 Å². The van der Waals surface area contributed by atoms with Crippen LogP contribution in [-0.4, -0.2) is 18.2 Å². The third-order valence-corrected chi connectivity index (χ3v) is 1.65. The standard InChI is InChI=1S/C10H11NO3/c1-14-10(13)5-2-7-6-8(11)3-4-9(7)12/h2-6,12H,11H2,1H3. The van der Waals surface area contributed by atoms with Crippen molar-refractivity contribution >= 4 is 17.7 Å². The highest BCUT2D eigenvalue weighted by Gasteiger charge is 1.98. The monoisotopic (exact) mass is 193 g/mol. The number of carbonyl (C=O) groups excluding carboxylic acids is 1. The van der Waals surface area contributed by atoms with Crippen LogP contribution < -0.4 is 5.73 Å². The summed E-state index contributed by atoms with van der Waals surface area (Å²) in [6.07, 6.45) is 2.66. The minimum atomic E-state index is -0.480. The van der Waals surface area contributed by atoms with Crippen molar-refractivity contribution in [3.63, 3.8) is 0 Å². The number of hydrogen-bond donors (Lipinski definition) is 2. The van der Waals surface area contributed by atoms with Gasteiger partial charge in [-0.3, -0.25) is 0 Å². The Morgan fingerprint density at radius 2 is 2.29 bits per heavy atom. The number of rotatable bonds is 2. The van der Waals surface area contributed by atoms with Gasteiger partial charge in [-0.15, -0.1) is 0 Å². The lowest BCUT2D eigenvalue weighted by Crippen LogP contribution is -1.93. The Bertz CT molecular complexity index is 372. The van der Waals surface area contributed by atoms with E-state index in [0.717, 1.165) is 0 Å². The number of benzene rings is 1. The fraction of sp³-hybridized carbons (Fsp3) is 0.100. The lowest BCUT2D eigenvalue weighted by molar-refractivity contribution is -0.134. The van der Waals surface area contributed by atoms with Crippen molar-refractivity contribution in [1.82, 2.24) is 0 Å². The van der Waals surface area contributed by atoms with E-state index in [1.165, 1.54) is 25.3 Å². The number of aromatic hydroxyl groups is 1. The first kappa shape index (κ1) is 10.1. The van der Waals surface area contributed by atoms with Crippen molar-refractivity contribution < 1.29 is 14.6 Å². The normalized spacial score (nSPS) is 10.4. The molecule has 4 heteroatoms. The maximum atomic E-state index is 10.8. The second kappa shape index (κ2) is 4.32. The molecule has 0 radical (unpaired) electrons. The number of hydrogen-bond acceptors (Lipinski definition) is 4. The van der Waals surface area contributed by atoms with E-state index in [0.29, 0.717) is 11.3 Å². The third kappa shape index (κ3) is 2.52. The van der Waals surface area contributed by atoms with Crippen LogP contribution in [-0.2, 0) is 9.53 Å². The van der Waals surface area contributed by atoms with Gasteiger partial charge in [-0.25, -0.2) is 4.79 Å². The van der Waals surface area contributed by atoms with Gasteiger partial charge in [0.25, 0.3) is 0 Å². The van der Waals surface area contributed by atoms with Gasteiger partial charge in [0.05, 0.1) is 7.11 Å². The number of esters is 1. The number of nitrogens with two attached hydrogens (primary N) is 1. The van der Waals surface area contributed by atoms with Gasteiger partial charge in [-0.2, -0.15) is 0 Å². The van der Waals surface area contributed by atoms with Gasteiger partial charge in [0.1, 0.15) is 5.75 Å². The van der Waals surface area contributed by atoms with E-state index in [4.69, 9.17) is 5.73 Å². The fourth-order valence-corrected chi connectivity index (χ4v) is 0.932. The van der Waals surface area contributed by atoms with Crippen molar-refractivity contribution in [2.24, 2.45) is 0 Å². The number of ether oxygens (including phenoxy) is 1. The van der Waals surface area contributed by atoms with Crippen molar-refractivity contribution in [2.45, 2.75) is 0 Å². The highest BCUT2D eigenvalue weighted by molar-refractivity contribution is 5.87. The number of carbonyl (C=O) groups is 1. The van der Waals surface area contributed by atoms with E-state index in [1.807, 2.05) is 0 Å². The van der Waals surface area contributed by atoms with Gasteiger partial charge in [0.15, 0.2) is 0 Å². The number of nitrogen functional groups attached to an aromatic ring is 1. The van der Waals surface area contributed by atoms with E-state index in [2.05, 4.69) is 4.74 Å². The molecule has 0 aliphatic carbocycles. The number of anilines is 1. The molecule has 74 valence electrons. The van der Waals surface area contributed by atoms with Crippen LogP contribution in [0.3, 0.4) is 0 Å². The van der Waals surface area contributed by atoms with E-state index >= 15 is 0 Å². The molecule has 0 fully saturated rings. The second-order valence-electron chi connectivity index (χ2n) is 2.67. The van der Waals surface area contributed by atoms with Crippen molar-refractivity contribution in [3.8, 4) is 5.75 Å². The summed E-state index contributed by atoms with van der Waals surface area (Å²) in [5.74, 6) is -0.411. The lowest BCUT2D eigenvalue weighted by atomic mass is 10.1. The Morgan fingerprint density at radius 1 is 1.57 bits per heavy atom. The van der Waals surface area contributed by atoms with Gasteiger partial charge >= 0.3 is 5.97 Å². The average Bonchev–Trinajstić information content (AvgIpc) is 2.19. The molecule has 0 unspecified atom stereocenters. The Morgan fingerprint density at radius 3 is 2.93 bits per heavy atom. The molecule has 3 N–H and O–H groups in total. The molecule has 4 nitrogen and oxygen atoms in total. The van der Waals surface area contributed by atoms with Crippen molar-refractivity contribution in [3.05, 3.63) is 29.8 Å². The average molecular weight is 193 g/mol. The van der Waals surface area contributed by atoms with Gasteiger partial charge in [0.2, 0.25) is 0 Å². The maximum Gasteiger partial charge on any atom is 0.330 e. The molecule has 0 spiro atoms. The van der Waals surface area contributed by atoms with Crippen LogP contribution in [0, 0.1) is 0 Å². The SMILES string of the molecule is COC(=O)C=Cc1cc(N)ccc1O. The molecule has 1 rings (SSSR count). The summed E-state index contributed by atoms with van der Waals surface area (Å²) in [5, 5.41) is 9.36. The third-order valence-electron chi connectivity index (χ3n) is 1.65. The summed E-state index contributed by atoms with van der Waals surface area (Å²) >= 11 is 0. The highest BCUT2D eigenvalue weighted by Crippen LogP contribution is 2.20. The van der Waals surface area contributed by atoms with Gasteiger partial charge in [-0.1, -0.05) is 0 Å². The second-order valence-corrected chi connectivity index (χ2v) is 2.67. The minimum absolute atomic E-state index is 0.0688. The van der Waals surface area contributed by atoms with Crippen LogP contribution in [0.2, 0.25) is 0 Å². The topological polar surface area (TPSA) is 72.5 Å². The first-order valence-electron chi connectivity index (χ1n) is 3.98. The molecule has 0 bridgehead atoms. The molecule has 0 atom stereocenters. The minimum Gasteiger partial charge on any atom is -0.507 e. The van der Waals surface area contributed by atoms with Crippen LogP contribution >= 0.6 is 0 Å². The van der Waals surface area contributed by atoms with Crippen LogP contribution in [0.5, 0.6) is 5.75 Å². The van der Waals surface area contributed by atoms with Gasteiger partial charge in [-0.05, 0) is 24.3 Å². The number of methoxy groups -OCH3 is 1. The molecule has 0 aromatic heterocycles. The van der Waals surface area contributed by atoms with E-state index in [1.54, 1.807) is 12.1 Å². The molecule has 0 saturated heterocycles. The molecule has 14 heavy (non-hydrogen) atoms. The molecule has 0 heterocycles. The number of phenols is 1. The Kier molecular flexibility index (Phi) is 3.12. The van der Waals surface area contributed by atoms with Crippen LogP contribution in [0.25, 0.3) is 6.08 Å². The smallest absolute Gasteiger partial charge is 0.330 e. The summed E-state index contributed by atoms with van der Waals surface area (Å²) < 4.78 is 4.40. The summed E-state index contributed by atoms with van der Waals surface area (Å²) in [7, 11) is 1.28.